The lowest BCUT2D eigenvalue weighted by Gasteiger charge is -2.29. The summed E-state index contributed by atoms with van der Waals surface area (Å²) in [4.78, 5) is 11.3. The zero-order valence-electron chi connectivity index (χ0n) is 12.7. The van der Waals surface area contributed by atoms with Gasteiger partial charge in [-0.3, -0.25) is 5.10 Å². The molecule has 3 N–H and O–H groups in total. The number of nitrogens with zero attached hydrogens (tertiary/aromatic N) is 4. The first kappa shape index (κ1) is 14.1. The van der Waals surface area contributed by atoms with Crippen LogP contribution in [0.4, 0.5) is 5.82 Å². The first-order valence-electron chi connectivity index (χ1n) is 7.72. The van der Waals surface area contributed by atoms with Gasteiger partial charge in [0.25, 0.3) is 0 Å². The largest absolute Gasteiger partial charge is 0.392 e. The van der Waals surface area contributed by atoms with E-state index in [1.54, 1.807) is 6.20 Å². The van der Waals surface area contributed by atoms with E-state index >= 15 is 0 Å². The van der Waals surface area contributed by atoms with Crippen LogP contribution in [0.5, 0.6) is 0 Å². The summed E-state index contributed by atoms with van der Waals surface area (Å²) < 4.78 is 0. The second-order valence-electron chi connectivity index (χ2n) is 5.59. The smallest absolute Gasteiger partial charge is 0.181 e. The Morgan fingerprint density at radius 2 is 2.13 bits per heavy atom. The van der Waals surface area contributed by atoms with Crippen molar-refractivity contribution >= 4 is 16.9 Å². The van der Waals surface area contributed by atoms with Crippen LogP contribution < -0.4 is 10.2 Å². The van der Waals surface area contributed by atoms with E-state index < -0.39 is 0 Å². The van der Waals surface area contributed by atoms with Crippen LogP contribution in [-0.2, 0) is 6.61 Å². The van der Waals surface area contributed by atoms with Gasteiger partial charge in [-0.1, -0.05) is 0 Å². The Labute approximate surface area is 134 Å². The number of aliphatic hydroxyl groups is 1. The molecule has 0 atom stereocenters. The van der Waals surface area contributed by atoms with Crippen molar-refractivity contribution in [1.82, 2.24) is 25.5 Å². The highest BCUT2D eigenvalue weighted by Gasteiger charge is 2.16. The molecule has 0 unspecified atom stereocenters. The second kappa shape index (κ2) is 5.94. The maximum Gasteiger partial charge on any atom is 0.181 e. The van der Waals surface area contributed by atoms with Crippen molar-refractivity contribution < 1.29 is 6.53 Å². The normalized spacial score (nSPS) is 15.3. The summed E-state index contributed by atoms with van der Waals surface area (Å²) in [6, 6.07) is 7.70. The third-order valence-electron chi connectivity index (χ3n) is 4.08. The molecule has 0 aromatic carbocycles. The number of rotatable bonds is 3. The van der Waals surface area contributed by atoms with E-state index in [-0.39, 0.29) is 8.03 Å². The van der Waals surface area contributed by atoms with E-state index in [1.165, 1.54) is 0 Å². The number of anilines is 1. The zero-order chi connectivity index (χ0) is 15.6. The molecule has 0 radical (unpaired) electrons. The predicted molar refractivity (Wildman–Crippen MR) is 90.2 cm³/mol. The molecule has 1 aliphatic rings. The molecule has 1 aliphatic heterocycles. The summed E-state index contributed by atoms with van der Waals surface area (Å²) in [5, 5.41) is 21.1. The van der Waals surface area contributed by atoms with Gasteiger partial charge in [-0.25, -0.2) is 9.97 Å². The number of hydrogen-bond acceptors (Lipinski definition) is 6. The van der Waals surface area contributed by atoms with Crippen molar-refractivity contribution in [3.8, 4) is 11.4 Å². The van der Waals surface area contributed by atoms with Crippen molar-refractivity contribution in [2.45, 2.75) is 6.61 Å². The molecular weight excluding hydrogens is 292 g/mol. The lowest BCUT2D eigenvalue weighted by molar-refractivity contribution is 0.282. The van der Waals surface area contributed by atoms with Crippen molar-refractivity contribution in [2.75, 3.05) is 31.1 Å². The van der Waals surface area contributed by atoms with Gasteiger partial charge < -0.3 is 15.3 Å². The van der Waals surface area contributed by atoms with E-state index in [9.17, 15) is 5.11 Å². The summed E-state index contributed by atoms with van der Waals surface area (Å²) >= 11 is 0. The third-order valence-corrected chi connectivity index (χ3v) is 4.08. The number of pyridine rings is 2. The molecule has 0 aliphatic carbocycles. The van der Waals surface area contributed by atoms with Crippen LogP contribution in [0.2, 0.25) is 0 Å². The van der Waals surface area contributed by atoms with Crippen molar-refractivity contribution in [1.29, 1.82) is 0 Å². The Kier molecular flexibility index (Phi) is 3.64. The van der Waals surface area contributed by atoms with E-state index in [4.69, 9.17) is 4.98 Å². The van der Waals surface area contributed by atoms with Crippen LogP contribution in [0.25, 0.3) is 22.4 Å². The van der Waals surface area contributed by atoms with Gasteiger partial charge in [-0.15, -0.1) is 0 Å². The molecule has 0 bridgehead atoms. The molecular formula is C16H20N6O. The van der Waals surface area contributed by atoms with Gasteiger partial charge in [-0.05, 0) is 29.8 Å². The molecule has 0 saturated carbocycles. The number of H-pyrrole nitrogens is 1. The Hall–Kier alpha value is -2.51. The highest BCUT2D eigenvalue weighted by atomic mass is 16.3. The second-order valence-corrected chi connectivity index (χ2v) is 5.59. The van der Waals surface area contributed by atoms with Crippen LogP contribution in [0.3, 0.4) is 0 Å². The molecule has 7 heteroatoms. The molecule has 23 heavy (non-hydrogen) atoms. The fourth-order valence-corrected chi connectivity index (χ4v) is 2.89. The minimum absolute atomic E-state index is 0. The molecule has 120 valence electrons. The Balaban J connectivity index is 0.00000169. The van der Waals surface area contributed by atoms with E-state index in [0.29, 0.717) is 5.65 Å². The highest BCUT2D eigenvalue weighted by Crippen LogP contribution is 2.27. The average Bonchev–Trinajstić information content (AvgIpc) is 3.06. The summed E-state index contributed by atoms with van der Waals surface area (Å²) in [6.07, 6.45) is 1.72. The molecule has 1 saturated heterocycles. The quantitative estimate of drug-likeness (QED) is 0.672. The lowest BCUT2D eigenvalue weighted by Crippen LogP contribution is -2.44. The maximum atomic E-state index is 9.60. The van der Waals surface area contributed by atoms with E-state index in [1.807, 2.05) is 24.3 Å². The first-order chi connectivity index (χ1) is 11.3. The molecule has 3 aromatic heterocycles. The van der Waals surface area contributed by atoms with E-state index in [0.717, 1.165) is 54.3 Å². The number of piperazine rings is 1. The van der Waals surface area contributed by atoms with Gasteiger partial charge in [0.1, 0.15) is 5.82 Å². The van der Waals surface area contributed by atoms with Gasteiger partial charge in [0.05, 0.1) is 18.0 Å². The monoisotopic (exact) mass is 312 g/mol. The minimum Gasteiger partial charge on any atom is -0.392 e. The van der Waals surface area contributed by atoms with Gasteiger partial charge in [0.2, 0.25) is 0 Å². The Morgan fingerprint density at radius 3 is 2.96 bits per heavy atom. The van der Waals surface area contributed by atoms with E-state index in [2.05, 4.69) is 25.4 Å². The van der Waals surface area contributed by atoms with Crippen LogP contribution in [0.1, 0.15) is 6.99 Å². The molecule has 0 spiro atoms. The fraction of sp³-hybridized carbons (Fsp3) is 0.312. The summed E-state index contributed by atoms with van der Waals surface area (Å²) in [5.41, 5.74) is 3.12. The number of nitrogens with one attached hydrogen (secondary N) is 2. The number of aliphatic hydroxyl groups excluding tert-OH is 1. The number of fused-ring (bicyclic) bond motifs is 1. The molecule has 4 heterocycles. The molecule has 3 aromatic rings. The zero-order valence-corrected chi connectivity index (χ0v) is 12.7. The Bertz CT molecular complexity index is 830. The molecule has 0 amide bonds. The van der Waals surface area contributed by atoms with Gasteiger partial charge in [-0.2, -0.15) is 5.10 Å². The van der Waals surface area contributed by atoms with Crippen LogP contribution >= 0.6 is 0 Å². The standard InChI is InChI=1S/C16H18N6O.H2/c23-10-11-8-13(15-12-2-1-3-18-16(12)21-20-15)19-14(9-11)22-6-4-17-5-7-22;/h1-3,8-9,17,23H,4-7,10H2,(H,18,20,21);1H. The summed E-state index contributed by atoms with van der Waals surface area (Å²) in [7, 11) is 0. The molecule has 7 nitrogen and oxygen atoms in total. The molecule has 4 rings (SSSR count). The fourth-order valence-electron chi connectivity index (χ4n) is 2.89. The number of aromatic nitrogens is 4. The lowest BCUT2D eigenvalue weighted by atomic mass is 10.1. The number of aromatic amines is 1. The topological polar surface area (TPSA) is 90.0 Å². The highest BCUT2D eigenvalue weighted by molar-refractivity contribution is 5.89. The van der Waals surface area contributed by atoms with Gasteiger partial charge in [0.15, 0.2) is 5.65 Å². The molecule has 1 fully saturated rings. The summed E-state index contributed by atoms with van der Waals surface area (Å²) in [6.45, 7) is 3.69. The van der Waals surface area contributed by atoms with Crippen molar-refractivity contribution in [2.24, 2.45) is 0 Å². The van der Waals surface area contributed by atoms with Crippen molar-refractivity contribution in [3.05, 3.63) is 36.0 Å². The van der Waals surface area contributed by atoms with Crippen LogP contribution in [0, 0.1) is 0 Å². The predicted octanol–water partition coefficient (Wildman–Crippen LogP) is 1.17. The SMILES string of the molecule is OCc1cc(-c2[nH]nc3ncccc23)nc(N2CCNCC2)c1.[HH]. The first-order valence-corrected chi connectivity index (χ1v) is 7.72. The van der Waals surface area contributed by atoms with Crippen LogP contribution in [-0.4, -0.2) is 51.5 Å². The summed E-state index contributed by atoms with van der Waals surface area (Å²) in [5.74, 6) is 0.889. The van der Waals surface area contributed by atoms with Crippen molar-refractivity contribution in [3.63, 3.8) is 0 Å². The van der Waals surface area contributed by atoms with Gasteiger partial charge in [0, 0.05) is 39.2 Å². The van der Waals surface area contributed by atoms with Gasteiger partial charge >= 0.3 is 0 Å². The van der Waals surface area contributed by atoms with Crippen LogP contribution in [0.15, 0.2) is 30.5 Å². The minimum atomic E-state index is -0.0150. The maximum absolute atomic E-state index is 9.60. The average molecular weight is 312 g/mol. The Morgan fingerprint density at radius 1 is 1.26 bits per heavy atom. The third kappa shape index (κ3) is 2.64. The number of hydrogen-bond donors (Lipinski definition) is 3.